The molecule has 1 aromatic carbocycles. The molecule has 0 saturated carbocycles. The van der Waals surface area contributed by atoms with Gasteiger partial charge >= 0.3 is 0 Å². The van der Waals surface area contributed by atoms with Crippen LogP contribution in [0.4, 0.5) is 0 Å². The highest BCUT2D eigenvalue weighted by Gasteiger charge is 2.19. The number of allylic oxidation sites excluding steroid dienone is 4. The van der Waals surface area contributed by atoms with Crippen LogP contribution in [0.5, 0.6) is 0 Å². The number of rotatable bonds is 0. The number of pyridine rings is 1. The fourth-order valence-electron chi connectivity index (χ4n) is 2.83. The van der Waals surface area contributed by atoms with Crippen molar-refractivity contribution in [2.24, 2.45) is 5.92 Å². The van der Waals surface area contributed by atoms with E-state index in [1.165, 1.54) is 35.9 Å². The van der Waals surface area contributed by atoms with Gasteiger partial charge in [0.15, 0.2) is 0 Å². The molecular formula is C21H22N4. The van der Waals surface area contributed by atoms with Gasteiger partial charge in [0.1, 0.15) is 0 Å². The highest BCUT2D eigenvalue weighted by molar-refractivity contribution is 5.80. The van der Waals surface area contributed by atoms with Crippen molar-refractivity contribution in [1.82, 2.24) is 20.3 Å². The van der Waals surface area contributed by atoms with Gasteiger partial charge in [-0.25, -0.2) is 0 Å². The number of nitrogens with zero attached hydrogens (tertiary/aromatic N) is 3. The maximum atomic E-state index is 4.01. The predicted molar refractivity (Wildman–Crippen MR) is 102 cm³/mol. The number of hydrogen-bond donors (Lipinski definition) is 1. The second-order valence-electron chi connectivity index (χ2n) is 5.82. The molecule has 0 amide bonds. The van der Waals surface area contributed by atoms with E-state index in [-0.39, 0.29) is 0 Å². The summed E-state index contributed by atoms with van der Waals surface area (Å²) in [6.07, 6.45) is 19.4. The van der Waals surface area contributed by atoms with Gasteiger partial charge in [-0.3, -0.25) is 15.0 Å². The van der Waals surface area contributed by atoms with Crippen molar-refractivity contribution >= 4 is 10.8 Å². The number of hydrogen-bond acceptors (Lipinski definition) is 4. The van der Waals surface area contributed by atoms with E-state index in [1.807, 2.05) is 30.6 Å². The van der Waals surface area contributed by atoms with Crippen molar-refractivity contribution < 1.29 is 0 Å². The first-order valence-electron chi connectivity index (χ1n) is 8.53. The first-order chi connectivity index (χ1) is 12.4. The van der Waals surface area contributed by atoms with Gasteiger partial charge in [-0.1, -0.05) is 36.4 Å². The van der Waals surface area contributed by atoms with E-state index < -0.39 is 0 Å². The molecule has 126 valence electrons. The Balaban J connectivity index is 0.000000113. The Morgan fingerprint density at radius 3 is 2.28 bits per heavy atom. The number of aromatic nitrogens is 3. The Hall–Kier alpha value is -3.01. The molecule has 1 atom stereocenters. The van der Waals surface area contributed by atoms with Gasteiger partial charge in [0, 0.05) is 55.3 Å². The third-order valence-electron chi connectivity index (χ3n) is 4.12. The Morgan fingerprint density at radius 2 is 1.60 bits per heavy atom. The summed E-state index contributed by atoms with van der Waals surface area (Å²) in [5.74, 6) is 0.829. The predicted octanol–water partition coefficient (Wildman–Crippen LogP) is 4.15. The summed E-state index contributed by atoms with van der Waals surface area (Å²) in [6.45, 7) is 1.18. The molecule has 2 aliphatic rings. The Bertz CT molecular complexity index is 735. The van der Waals surface area contributed by atoms with Gasteiger partial charge in [-0.15, -0.1) is 0 Å². The quantitative estimate of drug-likeness (QED) is 0.673. The summed E-state index contributed by atoms with van der Waals surface area (Å²) in [5.41, 5.74) is 1.46. The molecule has 1 saturated heterocycles. The molecule has 1 aliphatic carbocycles. The van der Waals surface area contributed by atoms with Crippen molar-refractivity contribution in [3.8, 4) is 0 Å². The van der Waals surface area contributed by atoms with Gasteiger partial charge < -0.3 is 5.32 Å². The zero-order valence-corrected chi connectivity index (χ0v) is 14.1. The summed E-state index contributed by atoms with van der Waals surface area (Å²) in [5, 5.41) is 5.82. The van der Waals surface area contributed by atoms with E-state index >= 15 is 0 Å². The minimum atomic E-state index is 0.829. The highest BCUT2D eigenvalue weighted by atomic mass is 14.9. The van der Waals surface area contributed by atoms with Crippen LogP contribution in [0.2, 0.25) is 0 Å². The van der Waals surface area contributed by atoms with Gasteiger partial charge in [0.2, 0.25) is 0 Å². The van der Waals surface area contributed by atoms with Crippen LogP contribution in [0, 0.1) is 5.92 Å². The fraction of sp³-hybridized carbons (Fsp3) is 0.190. The van der Waals surface area contributed by atoms with Crippen LogP contribution < -0.4 is 5.32 Å². The highest BCUT2D eigenvalue weighted by Crippen LogP contribution is 2.25. The summed E-state index contributed by atoms with van der Waals surface area (Å²) in [6, 6.07) is 10.2. The van der Waals surface area contributed by atoms with Crippen LogP contribution in [-0.2, 0) is 0 Å². The molecule has 1 N–H and O–H groups in total. The maximum Gasteiger partial charge on any atom is 0.0451 e. The molecule has 0 bridgehead atoms. The average molecular weight is 330 g/mol. The molecule has 1 unspecified atom stereocenters. The lowest BCUT2D eigenvalue weighted by Gasteiger charge is -2.10. The van der Waals surface area contributed by atoms with Gasteiger partial charge in [0.05, 0.1) is 0 Å². The Kier molecular flexibility index (Phi) is 6.28. The zero-order valence-electron chi connectivity index (χ0n) is 14.1. The zero-order chi connectivity index (χ0) is 17.2. The van der Waals surface area contributed by atoms with E-state index in [4.69, 9.17) is 0 Å². The average Bonchev–Trinajstić information content (AvgIpc) is 3.19. The first-order valence-corrected chi connectivity index (χ1v) is 8.53. The van der Waals surface area contributed by atoms with Crippen LogP contribution in [0.25, 0.3) is 10.8 Å². The van der Waals surface area contributed by atoms with Crippen LogP contribution in [0.1, 0.15) is 12.8 Å². The summed E-state index contributed by atoms with van der Waals surface area (Å²) in [4.78, 5) is 11.5. The van der Waals surface area contributed by atoms with E-state index in [1.54, 1.807) is 24.8 Å². The molecule has 0 radical (unpaired) electrons. The topological polar surface area (TPSA) is 50.7 Å². The van der Waals surface area contributed by atoms with Gasteiger partial charge in [0.25, 0.3) is 0 Å². The van der Waals surface area contributed by atoms with E-state index in [2.05, 4.69) is 50.6 Å². The molecule has 1 aliphatic heterocycles. The third kappa shape index (κ3) is 5.24. The monoisotopic (exact) mass is 330 g/mol. The van der Waals surface area contributed by atoms with Crippen LogP contribution in [0.15, 0.2) is 91.4 Å². The normalized spacial score (nSPS) is 17.1. The van der Waals surface area contributed by atoms with Crippen molar-refractivity contribution in [2.45, 2.75) is 12.8 Å². The first kappa shape index (κ1) is 16.8. The molecule has 3 heterocycles. The Labute approximate surface area is 148 Å². The van der Waals surface area contributed by atoms with Crippen molar-refractivity contribution in [3.63, 3.8) is 0 Å². The lowest BCUT2D eigenvalue weighted by atomic mass is 9.97. The third-order valence-corrected chi connectivity index (χ3v) is 4.12. The lowest BCUT2D eigenvalue weighted by molar-refractivity contribution is 0.646. The van der Waals surface area contributed by atoms with Crippen molar-refractivity contribution in [3.05, 3.63) is 91.4 Å². The van der Waals surface area contributed by atoms with E-state index in [9.17, 15) is 0 Å². The second kappa shape index (κ2) is 9.33. The Morgan fingerprint density at radius 1 is 0.840 bits per heavy atom. The minimum absolute atomic E-state index is 0.829. The fourth-order valence-corrected chi connectivity index (χ4v) is 2.83. The minimum Gasteiger partial charge on any atom is -0.388 e. The molecule has 1 fully saturated rings. The van der Waals surface area contributed by atoms with Gasteiger partial charge in [-0.2, -0.15) is 0 Å². The molecule has 0 spiro atoms. The SMILES string of the molecule is C1=CCC2CCNC2=C1.c1ccc2cnccc2c1.c1cnccn1. The molecule has 4 heteroatoms. The van der Waals surface area contributed by atoms with Gasteiger partial charge in [-0.05, 0) is 35.8 Å². The summed E-state index contributed by atoms with van der Waals surface area (Å²) in [7, 11) is 0. The van der Waals surface area contributed by atoms with E-state index in [0.717, 1.165) is 5.92 Å². The summed E-state index contributed by atoms with van der Waals surface area (Å²) < 4.78 is 0. The second-order valence-corrected chi connectivity index (χ2v) is 5.82. The van der Waals surface area contributed by atoms with E-state index in [0.29, 0.717) is 0 Å². The molecular weight excluding hydrogens is 308 g/mol. The molecule has 25 heavy (non-hydrogen) atoms. The summed E-state index contributed by atoms with van der Waals surface area (Å²) >= 11 is 0. The molecule has 3 aromatic rings. The standard InChI is InChI=1S/C9H7N.C8H11N.C4H4N2/c1-2-4-9-7-10-6-5-8(9)3-1;1-2-4-8-7(3-1)5-6-9-8;1-2-6-4-3-5-1/h1-7H;1-2,4,7,9H,3,5-6H2;1-4H. The van der Waals surface area contributed by atoms with Crippen molar-refractivity contribution in [1.29, 1.82) is 0 Å². The van der Waals surface area contributed by atoms with Crippen molar-refractivity contribution in [2.75, 3.05) is 6.54 Å². The molecule has 2 aromatic heterocycles. The number of fused-ring (bicyclic) bond motifs is 2. The molecule has 4 nitrogen and oxygen atoms in total. The van der Waals surface area contributed by atoms with Crippen LogP contribution in [-0.4, -0.2) is 21.5 Å². The van der Waals surface area contributed by atoms with Crippen LogP contribution in [0.3, 0.4) is 0 Å². The largest absolute Gasteiger partial charge is 0.388 e. The molecule has 5 rings (SSSR count). The van der Waals surface area contributed by atoms with Crippen LogP contribution >= 0.6 is 0 Å². The number of nitrogens with one attached hydrogen (secondary N) is 1. The lowest BCUT2D eigenvalue weighted by Crippen LogP contribution is -2.07. The smallest absolute Gasteiger partial charge is 0.0451 e. The number of benzene rings is 1. The maximum absolute atomic E-state index is 4.01.